The van der Waals surface area contributed by atoms with Crippen molar-refractivity contribution in [1.29, 1.82) is 0 Å². The number of nitrogens with one attached hydrogen (secondary N) is 1. The van der Waals surface area contributed by atoms with E-state index in [1.807, 2.05) is 62.8 Å². The maximum atomic E-state index is 13.1. The number of carbonyl (C=O) groups excluding carboxylic acids is 1. The van der Waals surface area contributed by atoms with Crippen molar-refractivity contribution >= 4 is 34.2 Å². The van der Waals surface area contributed by atoms with Gasteiger partial charge in [-0.15, -0.1) is 5.10 Å². The second-order valence-corrected chi connectivity index (χ2v) is 10.0. The molecule has 9 heteroatoms. The van der Waals surface area contributed by atoms with Crippen molar-refractivity contribution in [2.75, 3.05) is 0 Å². The molecule has 0 unspecified atom stereocenters. The van der Waals surface area contributed by atoms with Gasteiger partial charge < -0.3 is 9.88 Å². The Hall–Kier alpha value is -3.72. The van der Waals surface area contributed by atoms with E-state index in [0.29, 0.717) is 24.5 Å². The average molecular weight is 500 g/mol. The van der Waals surface area contributed by atoms with Gasteiger partial charge >= 0.3 is 0 Å². The zero-order chi connectivity index (χ0) is 25.1. The van der Waals surface area contributed by atoms with E-state index in [4.69, 9.17) is 15.1 Å². The largest absolute Gasteiger partial charge is 0.351 e. The van der Waals surface area contributed by atoms with E-state index in [-0.39, 0.29) is 11.2 Å². The summed E-state index contributed by atoms with van der Waals surface area (Å²) in [5.74, 6) is 0.724. The van der Waals surface area contributed by atoms with Crippen LogP contribution in [0.4, 0.5) is 0 Å². The molecular weight excluding hydrogens is 470 g/mol. The molecule has 36 heavy (non-hydrogen) atoms. The molecule has 5 rings (SSSR count). The fourth-order valence-electron chi connectivity index (χ4n) is 4.06. The molecule has 184 valence electrons. The lowest BCUT2D eigenvalue weighted by Gasteiger charge is -2.15. The van der Waals surface area contributed by atoms with Crippen LogP contribution in [0.5, 0.6) is 0 Å². The highest BCUT2D eigenvalue weighted by molar-refractivity contribution is 8.00. The lowest BCUT2D eigenvalue weighted by molar-refractivity contribution is -0.120. The van der Waals surface area contributed by atoms with Crippen molar-refractivity contribution in [1.82, 2.24) is 34.4 Å². The van der Waals surface area contributed by atoms with Crippen LogP contribution in [-0.4, -0.2) is 40.3 Å². The maximum absolute atomic E-state index is 13.1. The summed E-state index contributed by atoms with van der Waals surface area (Å²) in [5.41, 5.74) is 4.98. The first-order valence-corrected chi connectivity index (χ1v) is 13.0. The molecule has 0 aliphatic carbocycles. The van der Waals surface area contributed by atoms with Crippen LogP contribution in [0.15, 0.2) is 66.2 Å². The summed E-state index contributed by atoms with van der Waals surface area (Å²) in [5, 5.41) is 9.19. The highest BCUT2D eigenvalue weighted by Gasteiger charge is 2.22. The number of nitrogens with zero attached hydrogens (tertiary/aromatic N) is 6. The predicted octanol–water partition coefficient (Wildman–Crippen LogP) is 4.52. The minimum absolute atomic E-state index is 0.0119. The molecule has 1 amide bonds. The van der Waals surface area contributed by atoms with Crippen LogP contribution < -0.4 is 5.32 Å². The quantitative estimate of drug-likeness (QED) is 0.237. The molecule has 0 fully saturated rings. The number of carbonyl (C=O) groups is 1. The number of aromatic nitrogens is 6. The Morgan fingerprint density at radius 2 is 1.89 bits per heavy atom. The summed E-state index contributed by atoms with van der Waals surface area (Å²) in [6.45, 7) is 7.35. The summed E-state index contributed by atoms with van der Waals surface area (Å²) in [7, 11) is 0. The molecule has 3 heterocycles. The monoisotopic (exact) mass is 499 g/mol. The molecule has 0 aliphatic rings. The van der Waals surface area contributed by atoms with Crippen molar-refractivity contribution in [3.63, 3.8) is 0 Å². The number of hydrogen-bond donors (Lipinski definition) is 1. The van der Waals surface area contributed by atoms with Gasteiger partial charge in [0.15, 0.2) is 16.6 Å². The molecule has 0 saturated carbocycles. The van der Waals surface area contributed by atoms with Crippen molar-refractivity contribution in [3.05, 3.63) is 83.7 Å². The van der Waals surface area contributed by atoms with Gasteiger partial charge in [0.05, 0.1) is 17.1 Å². The van der Waals surface area contributed by atoms with Crippen LogP contribution in [-0.2, 0) is 24.3 Å². The lowest BCUT2D eigenvalue weighted by atomic mass is 10.1. The number of benzene rings is 2. The fourth-order valence-corrected chi connectivity index (χ4v) is 5.04. The predicted molar refractivity (Wildman–Crippen MR) is 142 cm³/mol. The van der Waals surface area contributed by atoms with Crippen LogP contribution in [0, 0.1) is 13.8 Å². The first-order valence-electron chi connectivity index (χ1n) is 12.1. The third kappa shape index (κ3) is 5.11. The number of imidazole rings is 1. The Morgan fingerprint density at radius 3 is 2.64 bits per heavy atom. The second kappa shape index (κ2) is 10.5. The van der Waals surface area contributed by atoms with Gasteiger partial charge in [0, 0.05) is 36.8 Å². The topological polar surface area (TPSA) is 90.0 Å². The number of rotatable bonds is 9. The molecule has 0 bridgehead atoms. The normalized spacial score (nSPS) is 12.3. The second-order valence-electron chi connectivity index (χ2n) is 8.87. The number of aryl methyl sites for hydroxylation is 4. The maximum Gasteiger partial charge on any atom is 0.233 e. The molecule has 0 radical (unpaired) electrons. The first kappa shape index (κ1) is 24.0. The van der Waals surface area contributed by atoms with Crippen LogP contribution >= 0.6 is 11.8 Å². The van der Waals surface area contributed by atoms with Gasteiger partial charge in [-0.2, -0.15) is 4.52 Å². The highest BCUT2D eigenvalue weighted by Crippen LogP contribution is 2.28. The molecule has 1 N–H and O–H groups in total. The minimum Gasteiger partial charge on any atom is -0.351 e. The van der Waals surface area contributed by atoms with Crippen LogP contribution in [0.3, 0.4) is 0 Å². The van der Waals surface area contributed by atoms with E-state index in [2.05, 4.69) is 33.9 Å². The van der Waals surface area contributed by atoms with Gasteiger partial charge in [0.1, 0.15) is 0 Å². The summed E-state index contributed by atoms with van der Waals surface area (Å²) < 4.78 is 3.88. The van der Waals surface area contributed by atoms with E-state index >= 15 is 0 Å². The molecule has 0 aliphatic heterocycles. The van der Waals surface area contributed by atoms with Gasteiger partial charge in [0.25, 0.3) is 0 Å². The summed E-state index contributed by atoms with van der Waals surface area (Å²) >= 11 is 1.43. The lowest BCUT2D eigenvalue weighted by Crippen LogP contribution is -2.32. The summed E-state index contributed by atoms with van der Waals surface area (Å²) in [4.78, 5) is 27.0. The average Bonchev–Trinajstić information content (AvgIpc) is 3.51. The Balaban J connectivity index is 1.40. The van der Waals surface area contributed by atoms with Gasteiger partial charge in [0.2, 0.25) is 5.91 Å². The SMILES string of the molecule is CC[C@@H](Sc1nc2ccccc2c2nc(CCn3cncc3C)nn12)C(=O)NCc1ccc(C)cc1. The third-order valence-electron chi connectivity index (χ3n) is 6.19. The molecule has 2 aromatic carbocycles. The van der Waals surface area contributed by atoms with E-state index < -0.39 is 0 Å². The molecule has 0 spiro atoms. The zero-order valence-corrected chi connectivity index (χ0v) is 21.5. The van der Waals surface area contributed by atoms with Crippen molar-refractivity contribution in [2.45, 2.75) is 57.1 Å². The Labute approximate surface area is 214 Å². The standard InChI is InChI=1S/C27H29N7OS/c1-4-23(26(35)29-16-20-11-9-18(2)10-12-20)36-27-30-22-8-6-5-7-21(22)25-31-24(32-34(25)27)13-14-33-17-28-15-19(33)3/h5-12,15,17,23H,4,13-14,16H2,1-3H3,(H,29,35)/t23-/m1/s1. The van der Waals surface area contributed by atoms with E-state index in [1.165, 1.54) is 17.3 Å². The third-order valence-corrected chi connectivity index (χ3v) is 7.50. The molecule has 5 aromatic rings. The first-order chi connectivity index (χ1) is 17.5. The minimum atomic E-state index is -0.298. The van der Waals surface area contributed by atoms with E-state index in [9.17, 15) is 4.79 Å². The van der Waals surface area contributed by atoms with Crippen LogP contribution in [0.1, 0.15) is 36.0 Å². The number of fused-ring (bicyclic) bond motifs is 3. The molecule has 0 saturated heterocycles. The Kier molecular flexibility index (Phi) is 6.99. The van der Waals surface area contributed by atoms with Gasteiger partial charge in [-0.1, -0.05) is 60.6 Å². The Morgan fingerprint density at radius 1 is 1.08 bits per heavy atom. The fraction of sp³-hybridized carbons (Fsp3) is 0.296. The van der Waals surface area contributed by atoms with Crippen molar-refractivity contribution < 1.29 is 4.79 Å². The van der Waals surface area contributed by atoms with E-state index in [1.54, 1.807) is 4.52 Å². The van der Waals surface area contributed by atoms with Gasteiger partial charge in [-0.05, 0) is 38.0 Å². The van der Waals surface area contributed by atoms with E-state index in [0.717, 1.165) is 40.2 Å². The van der Waals surface area contributed by atoms with Crippen molar-refractivity contribution in [3.8, 4) is 0 Å². The molecule has 1 atom stereocenters. The van der Waals surface area contributed by atoms with Gasteiger partial charge in [-0.25, -0.2) is 15.0 Å². The molecule has 8 nitrogen and oxygen atoms in total. The highest BCUT2D eigenvalue weighted by atomic mass is 32.2. The van der Waals surface area contributed by atoms with Gasteiger partial charge in [-0.3, -0.25) is 4.79 Å². The number of amides is 1. The number of thioether (sulfide) groups is 1. The Bertz CT molecular complexity index is 1510. The number of para-hydroxylation sites is 1. The van der Waals surface area contributed by atoms with Crippen LogP contribution in [0.25, 0.3) is 16.6 Å². The molecular formula is C27H29N7OS. The summed E-state index contributed by atoms with van der Waals surface area (Å²) in [6.07, 6.45) is 5.01. The summed E-state index contributed by atoms with van der Waals surface area (Å²) in [6, 6.07) is 16.1. The van der Waals surface area contributed by atoms with Crippen molar-refractivity contribution in [2.24, 2.45) is 0 Å². The zero-order valence-electron chi connectivity index (χ0n) is 20.7. The smallest absolute Gasteiger partial charge is 0.233 e. The van der Waals surface area contributed by atoms with Crippen LogP contribution in [0.2, 0.25) is 0 Å². The number of hydrogen-bond acceptors (Lipinski definition) is 6. The molecule has 3 aromatic heterocycles.